The standard InChI is InChI=1S/C46H36F8N2.C42H28F8N2/c1-5-45(6-2)25-17-9-13-21-29(25)55(30-22-14-10-18-26(30)45)43-39(51)35(47)33(36(48)40(43)52)34-37(49)41(53)44(42(54)38(34)50)56-31-23-15-11-19-27(31)46(7-3,8-4)28-20-12-16-24-32(28)56;1-41(2)21-13-5-9-17-25(21)51(26-18-10-6-14-22(26)41)39-35(47)31(43)29(32(44)36(39)48)30-33(45)37(49)40(38(50)34(30)46)52-27-19-11-7-15-23(27)42(3,4)24-16-8-12-20-28(24)52/h9-24H,5-8H2,1-4H3;5-20H,1-4H3. The van der Waals surface area contributed by atoms with Gasteiger partial charge < -0.3 is 19.6 Å². The highest BCUT2D eigenvalue weighted by atomic mass is 19.2. The van der Waals surface area contributed by atoms with E-state index in [0.717, 1.165) is 19.6 Å². The lowest BCUT2D eigenvalue weighted by atomic mass is 9.67. The molecule has 12 aromatic rings. The van der Waals surface area contributed by atoms with E-state index >= 15 is 70.2 Å². The fourth-order valence-corrected chi connectivity index (χ4v) is 17.3. The van der Waals surface area contributed by atoms with Gasteiger partial charge >= 0.3 is 0 Å². The van der Waals surface area contributed by atoms with Crippen molar-refractivity contribution in [3.05, 3.63) is 332 Å². The summed E-state index contributed by atoms with van der Waals surface area (Å²) in [6.45, 7) is 15.3. The Bertz CT molecular complexity index is 5080. The molecule has 20 heteroatoms. The summed E-state index contributed by atoms with van der Waals surface area (Å²) >= 11 is 0. The molecule has 4 aliphatic heterocycles. The second-order valence-corrected chi connectivity index (χ2v) is 28.2. The normalized spacial score (nSPS) is 15.0. The quantitative estimate of drug-likeness (QED) is 0.0999. The average molecular weight is 1480 g/mol. The summed E-state index contributed by atoms with van der Waals surface area (Å²) in [5, 5.41) is 0. The lowest BCUT2D eigenvalue weighted by molar-refractivity contribution is 0.442. The second-order valence-electron chi connectivity index (χ2n) is 28.2. The van der Waals surface area contributed by atoms with Crippen molar-refractivity contribution in [1.82, 2.24) is 0 Å². The first-order valence-corrected chi connectivity index (χ1v) is 35.1. The van der Waals surface area contributed by atoms with Crippen LogP contribution in [-0.2, 0) is 21.7 Å². The zero-order valence-corrected chi connectivity index (χ0v) is 59.1. The number of benzene rings is 12. The molecule has 0 aromatic heterocycles. The number of rotatable bonds is 10. The third-order valence-electron chi connectivity index (χ3n) is 22.7. The van der Waals surface area contributed by atoms with Crippen LogP contribution >= 0.6 is 0 Å². The van der Waals surface area contributed by atoms with Gasteiger partial charge in [0.25, 0.3) is 0 Å². The third kappa shape index (κ3) is 9.98. The molecule has 0 unspecified atom stereocenters. The van der Waals surface area contributed by atoms with Crippen molar-refractivity contribution in [3.63, 3.8) is 0 Å². The number of nitrogens with zero attached hydrogens (tertiary/aromatic N) is 4. The minimum absolute atomic E-state index is 0.194. The Balaban J connectivity index is 0.000000173. The van der Waals surface area contributed by atoms with E-state index in [1.807, 2.05) is 55.4 Å². The van der Waals surface area contributed by atoms with Gasteiger partial charge in [-0.25, -0.2) is 70.2 Å². The Kier molecular flexibility index (Phi) is 17.6. The highest BCUT2D eigenvalue weighted by Gasteiger charge is 2.49. The van der Waals surface area contributed by atoms with Gasteiger partial charge in [0.1, 0.15) is 22.7 Å². The van der Waals surface area contributed by atoms with Crippen LogP contribution < -0.4 is 19.6 Å². The Hall–Kier alpha value is -11.3. The Morgan fingerprint density at radius 3 is 0.472 bits per heavy atom. The molecule has 12 aromatic carbocycles. The first-order valence-electron chi connectivity index (χ1n) is 35.1. The summed E-state index contributed by atoms with van der Waals surface area (Å²) in [5.41, 5.74) is -8.65. The molecular formula is C88H64F16N4. The van der Waals surface area contributed by atoms with Crippen LogP contribution in [0.2, 0.25) is 0 Å². The van der Waals surface area contributed by atoms with Crippen molar-refractivity contribution in [3.8, 4) is 22.3 Å². The van der Waals surface area contributed by atoms with Gasteiger partial charge in [0.05, 0.1) is 67.8 Å². The van der Waals surface area contributed by atoms with Gasteiger partial charge in [0.15, 0.2) is 93.1 Å². The molecule has 0 atom stereocenters. The number of para-hydroxylation sites is 8. The average Bonchev–Trinajstić information content (AvgIpc) is 0.709. The molecule has 16 rings (SSSR count). The van der Waals surface area contributed by atoms with Gasteiger partial charge in [-0.05, 0) is 119 Å². The van der Waals surface area contributed by atoms with Gasteiger partial charge in [-0.15, -0.1) is 0 Å². The van der Waals surface area contributed by atoms with Crippen molar-refractivity contribution >= 4 is 68.2 Å². The maximum atomic E-state index is 16.6. The van der Waals surface area contributed by atoms with Crippen molar-refractivity contribution in [2.75, 3.05) is 19.6 Å². The molecular weight excluding hydrogens is 1420 g/mol. The fourth-order valence-electron chi connectivity index (χ4n) is 17.3. The largest absolute Gasteiger partial charge is 0.304 e. The van der Waals surface area contributed by atoms with Crippen LogP contribution in [0.5, 0.6) is 0 Å². The molecule has 108 heavy (non-hydrogen) atoms. The van der Waals surface area contributed by atoms with E-state index in [1.165, 1.54) is 24.3 Å². The summed E-state index contributed by atoms with van der Waals surface area (Å²) < 4.78 is 262. The molecule has 0 saturated carbocycles. The van der Waals surface area contributed by atoms with Crippen molar-refractivity contribution in [1.29, 1.82) is 0 Å². The predicted octanol–water partition coefficient (Wildman–Crippen LogP) is 26.9. The molecule has 0 radical (unpaired) electrons. The number of fused-ring (bicyclic) bond motifs is 8. The van der Waals surface area contributed by atoms with Crippen LogP contribution in [0.1, 0.15) is 126 Å². The molecule has 0 spiro atoms. The zero-order valence-electron chi connectivity index (χ0n) is 59.1. The zero-order chi connectivity index (χ0) is 76.9. The van der Waals surface area contributed by atoms with E-state index < -0.39 is 160 Å². The predicted molar refractivity (Wildman–Crippen MR) is 389 cm³/mol. The van der Waals surface area contributed by atoms with Crippen molar-refractivity contribution in [2.24, 2.45) is 0 Å². The van der Waals surface area contributed by atoms with E-state index in [-0.39, 0.29) is 45.5 Å². The summed E-state index contributed by atoms with van der Waals surface area (Å²) in [5.74, 6) is -34.0. The second kappa shape index (κ2) is 26.3. The van der Waals surface area contributed by atoms with Crippen LogP contribution in [0, 0.1) is 93.1 Å². The monoisotopic (exact) mass is 1480 g/mol. The molecule has 0 fully saturated rings. The van der Waals surface area contributed by atoms with Crippen LogP contribution in [0.25, 0.3) is 22.3 Å². The molecule has 0 amide bonds. The van der Waals surface area contributed by atoms with Crippen LogP contribution in [0.15, 0.2) is 194 Å². The molecule has 548 valence electrons. The summed E-state index contributed by atoms with van der Waals surface area (Å²) in [7, 11) is 0. The van der Waals surface area contributed by atoms with Crippen molar-refractivity contribution < 1.29 is 70.2 Å². The van der Waals surface area contributed by atoms with Crippen LogP contribution in [0.4, 0.5) is 138 Å². The Labute approximate surface area is 612 Å². The smallest absolute Gasteiger partial charge is 0.186 e. The third-order valence-corrected chi connectivity index (χ3v) is 22.7. The number of hydrogen-bond acceptors (Lipinski definition) is 4. The summed E-state index contributed by atoms with van der Waals surface area (Å²) in [6.07, 6.45) is 2.32. The van der Waals surface area contributed by atoms with E-state index in [1.54, 1.807) is 170 Å². The maximum Gasteiger partial charge on any atom is 0.186 e. The minimum atomic E-state index is -2.24. The van der Waals surface area contributed by atoms with E-state index in [2.05, 4.69) is 0 Å². The lowest BCUT2D eigenvalue weighted by Crippen LogP contribution is -2.35. The highest BCUT2D eigenvalue weighted by Crippen LogP contribution is 2.61. The Morgan fingerprint density at radius 2 is 0.324 bits per heavy atom. The van der Waals surface area contributed by atoms with E-state index in [4.69, 9.17) is 0 Å². The SMILES string of the molecule is CC1(C)c2ccccc2N(c2c(F)c(F)c(-c3c(F)c(F)c(N4c5ccccc5C(C)(C)c5ccccc54)c(F)c3F)c(F)c2F)c2ccccc21.CCC1(CC)c2ccccc2N(c2c(F)c(F)c(-c3c(F)c(F)c(N4c5ccccc5C(CC)(CC)c5ccccc54)c(F)c3F)c(F)c2F)c2ccccc21. The molecule has 4 heterocycles. The first-order chi connectivity index (χ1) is 51.7. The molecule has 0 N–H and O–H groups in total. The summed E-state index contributed by atoms with van der Waals surface area (Å²) in [4.78, 5) is 4.04. The van der Waals surface area contributed by atoms with Crippen LogP contribution in [-0.4, -0.2) is 0 Å². The van der Waals surface area contributed by atoms with Gasteiger partial charge in [-0.2, -0.15) is 0 Å². The minimum Gasteiger partial charge on any atom is -0.304 e. The maximum absolute atomic E-state index is 16.6. The molecule has 0 aliphatic carbocycles. The lowest BCUT2D eigenvalue weighted by Gasteiger charge is -2.45. The fraction of sp³-hybridized carbons (Fsp3) is 0.182. The topological polar surface area (TPSA) is 13.0 Å². The number of anilines is 12. The van der Waals surface area contributed by atoms with Crippen LogP contribution in [0.3, 0.4) is 0 Å². The number of halogens is 16. The highest BCUT2D eigenvalue weighted by molar-refractivity contribution is 5.93. The van der Waals surface area contributed by atoms with Gasteiger partial charge in [-0.3, -0.25) is 0 Å². The Morgan fingerprint density at radius 1 is 0.194 bits per heavy atom. The summed E-state index contributed by atoms with van der Waals surface area (Å²) in [6, 6.07) is 52.6. The molecule has 4 aliphatic rings. The van der Waals surface area contributed by atoms with E-state index in [9.17, 15) is 0 Å². The van der Waals surface area contributed by atoms with Gasteiger partial charge in [-0.1, -0.05) is 201 Å². The van der Waals surface area contributed by atoms with Gasteiger partial charge in [0, 0.05) is 21.7 Å². The first kappa shape index (κ1) is 72.3. The number of hydrogen-bond donors (Lipinski definition) is 0. The van der Waals surface area contributed by atoms with Gasteiger partial charge in [0.2, 0.25) is 0 Å². The molecule has 4 nitrogen and oxygen atoms in total. The van der Waals surface area contributed by atoms with Crippen molar-refractivity contribution in [2.45, 2.75) is 103 Å². The molecule has 0 bridgehead atoms. The van der Waals surface area contributed by atoms with E-state index in [0.29, 0.717) is 70.2 Å². The molecule has 0 saturated heterocycles.